The minimum Gasteiger partial charge on any atom is -0.296 e. The smallest absolute Gasteiger partial charge is 0.0277 e. The first-order valence-corrected chi connectivity index (χ1v) is 3.41. The van der Waals surface area contributed by atoms with Crippen molar-refractivity contribution in [2.24, 2.45) is 4.99 Å². The predicted molar refractivity (Wildman–Crippen MR) is 47.6 cm³/mol. The number of hydrogen-bond acceptors (Lipinski definition) is 1. The van der Waals surface area contributed by atoms with Crippen LogP contribution in [0, 0.1) is 0 Å². The molecule has 0 saturated carbocycles. The molecule has 0 rings (SSSR count). The lowest BCUT2D eigenvalue weighted by atomic mass is 10.1. The first-order valence-electron chi connectivity index (χ1n) is 3.41. The topological polar surface area (TPSA) is 12.4 Å². The molecule has 0 atom stereocenters. The van der Waals surface area contributed by atoms with Crippen LogP contribution in [0.3, 0.4) is 0 Å². The molecule has 0 saturated heterocycles. The fourth-order valence-corrected chi connectivity index (χ4v) is 0.681. The molecule has 0 amide bonds. The van der Waals surface area contributed by atoms with Crippen molar-refractivity contribution < 1.29 is 0 Å². The van der Waals surface area contributed by atoms with Crippen LogP contribution < -0.4 is 0 Å². The van der Waals surface area contributed by atoms with Gasteiger partial charge in [-0.05, 0) is 25.8 Å². The normalized spacial score (nSPS) is 13.5. The molecule has 0 fully saturated rings. The first kappa shape index (κ1) is 9.15. The highest BCUT2D eigenvalue weighted by Crippen LogP contribution is 2.05. The first-order chi connectivity index (χ1) is 4.72. The van der Waals surface area contributed by atoms with Crippen LogP contribution in [0.4, 0.5) is 0 Å². The molecule has 0 heterocycles. The van der Waals surface area contributed by atoms with Gasteiger partial charge in [0.25, 0.3) is 0 Å². The summed E-state index contributed by atoms with van der Waals surface area (Å²) in [6, 6.07) is 0. The monoisotopic (exact) mass is 137 g/mol. The summed E-state index contributed by atoms with van der Waals surface area (Å²) in [5.41, 5.74) is 2.57. The third-order valence-corrected chi connectivity index (χ3v) is 1.45. The van der Waals surface area contributed by atoms with Gasteiger partial charge in [-0.2, -0.15) is 0 Å². The van der Waals surface area contributed by atoms with Crippen molar-refractivity contribution in [2.45, 2.75) is 20.3 Å². The second kappa shape index (κ2) is 4.98. The third-order valence-electron chi connectivity index (χ3n) is 1.45. The Balaban J connectivity index is 4.17. The molecule has 0 spiro atoms. The summed E-state index contributed by atoms with van der Waals surface area (Å²) in [4.78, 5) is 3.92. The zero-order chi connectivity index (χ0) is 7.98. The average Bonchev–Trinajstić information content (AvgIpc) is 1.89. The third kappa shape index (κ3) is 3.23. The van der Waals surface area contributed by atoms with Crippen LogP contribution >= 0.6 is 0 Å². The minimum absolute atomic E-state index is 0.956. The number of nitrogens with zero attached hydrogens (tertiary/aromatic N) is 1. The number of allylic oxidation sites excluding steroid dienone is 3. The van der Waals surface area contributed by atoms with Crippen LogP contribution in [0.25, 0.3) is 0 Å². The minimum atomic E-state index is 0.956. The fourth-order valence-electron chi connectivity index (χ4n) is 0.681. The molecule has 0 unspecified atom stereocenters. The summed E-state index contributed by atoms with van der Waals surface area (Å²) in [5, 5.41) is 0. The van der Waals surface area contributed by atoms with E-state index in [2.05, 4.69) is 25.4 Å². The lowest BCUT2D eigenvalue weighted by molar-refractivity contribution is 1.18. The molecule has 10 heavy (non-hydrogen) atoms. The van der Waals surface area contributed by atoms with Crippen LogP contribution in [0.15, 0.2) is 28.8 Å². The predicted octanol–water partition coefficient (Wildman–Crippen LogP) is 2.60. The highest BCUT2D eigenvalue weighted by Gasteiger charge is 1.89. The van der Waals surface area contributed by atoms with Gasteiger partial charge in [-0.1, -0.05) is 11.6 Å². The Labute approximate surface area is 63.2 Å². The molecule has 0 aliphatic heterocycles. The molecular formula is C9H15N. The standard InChI is InChI=1S/C9H15N/c1-5-6-8(2)9(3)7-10-4/h5,7H,1,6H2,2-4H3. The van der Waals surface area contributed by atoms with E-state index in [9.17, 15) is 0 Å². The summed E-state index contributed by atoms with van der Waals surface area (Å²) in [6.07, 6.45) is 4.74. The summed E-state index contributed by atoms with van der Waals surface area (Å²) in [7, 11) is 1.78. The number of aliphatic imine (C=N–C) groups is 1. The molecule has 0 N–H and O–H groups in total. The van der Waals surface area contributed by atoms with E-state index >= 15 is 0 Å². The summed E-state index contributed by atoms with van der Waals surface area (Å²) < 4.78 is 0. The van der Waals surface area contributed by atoms with Gasteiger partial charge < -0.3 is 0 Å². The molecular weight excluding hydrogens is 122 g/mol. The van der Waals surface area contributed by atoms with Gasteiger partial charge in [0.2, 0.25) is 0 Å². The molecule has 0 radical (unpaired) electrons. The maximum atomic E-state index is 3.92. The SMILES string of the molecule is C=CCC(C)=C(C)C=NC. The molecule has 0 aromatic carbocycles. The maximum Gasteiger partial charge on any atom is 0.0277 e. The lowest BCUT2D eigenvalue weighted by Gasteiger charge is -1.97. The van der Waals surface area contributed by atoms with E-state index in [-0.39, 0.29) is 0 Å². The summed E-state index contributed by atoms with van der Waals surface area (Å²) >= 11 is 0. The Kier molecular flexibility index (Phi) is 4.55. The van der Waals surface area contributed by atoms with Crippen molar-refractivity contribution in [3.63, 3.8) is 0 Å². The molecule has 1 heteroatoms. The van der Waals surface area contributed by atoms with E-state index in [4.69, 9.17) is 0 Å². The average molecular weight is 137 g/mol. The fraction of sp³-hybridized carbons (Fsp3) is 0.444. The van der Waals surface area contributed by atoms with Crippen molar-refractivity contribution in [1.29, 1.82) is 0 Å². The molecule has 0 aliphatic carbocycles. The Morgan fingerprint density at radius 3 is 2.50 bits per heavy atom. The Morgan fingerprint density at radius 2 is 2.10 bits per heavy atom. The van der Waals surface area contributed by atoms with Crippen molar-refractivity contribution in [2.75, 3.05) is 7.05 Å². The second-order valence-electron chi connectivity index (χ2n) is 2.34. The van der Waals surface area contributed by atoms with Crippen molar-refractivity contribution in [3.05, 3.63) is 23.8 Å². The van der Waals surface area contributed by atoms with Gasteiger partial charge in [0.1, 0.15) is 0 Å². The van der Waals surface area contributed by atoms with Gasteiger partial charge in [0, 0.05) is 13.3 Å². The second-order valence-corrected chi connectivity index (χ2v) is 2.34. The van der Waals surface area contributed by atoms with E-state index in [0.29, 0.717) is 0 Å². The highest BCUT2D eigenvalue weighted by molar-refractivity contribution is 5.78. The Hall–Kier alpha value is -0.850. The van der Waals surface area contributed by atoms with Crippen LogP contribution in [0.2, 0.25) is 0 Å². The largest absolute Gasteiger partial charge is 0.296 e. The number of hydrogen-bond donors (Lipinski definition) is 0. The van der Waals surface area contributed by atoms with E-state index in [0.717, 1.165) is 6.42 Å². The highest BCUT2D eigenvalue weighted by atomic mass is 14.6. The molecule has 56 valence electrons. The molecule has 1 nitrogen and oxygen atoms in total. The van der Waals surface area contributed by atoms with Crippen molar-refractivity contribution >= 4 is 6.21 Å². The summed E-state index contributed by atoms with van der Waals surface area (Å²) in [6.45, 7) is 7.82. The molecule has 0 aromatic rings. The Bertz CT molecular complexity index is 164. The van der Waals surface area contributed by atoms with Crippen molar-refractivity contribution in [3.8, 4) is 0 Å². The van der Waals surface area contributed by atoms with Crippen LogP contribution in [-0.4, -0.2) is 13.3 Å². The Morgan fingerprint density at radius 1 is 1.50 bits per heavy atom. The molecule has 0 bridgehead atoms. The molecule has 0 aromatic heterocycles. The van der Waals surface area contributed by atoms with Crippen LogP contribution in [0.1, 0.15) is 20.3 Å². The van der Waals surface area contributed by atoms with Gasteiger partial charge in [-0.3, -0.25) is 4.99 Å². The van der Waals surface area contributed by atoms with E-state index < -0.39 is 0 Å². The summed E-state index contributed by atoms with van der Waals surface area (Å²) in [5.74, 6) is 0. The van der Waals surface area contributed by atoms with Crippen LogP contribution in [-0.2, 0) is 0 Å². The lowest BCUT2D eigenvalue weighted by Crippen LogP contribution is -1.83. The zero-order valence-corrected chi connectivity index (χ0v) is 7.02. The van der Waals surface area contributed by atoms with E-state index in [1.807, 2.05) is 12.3 Å². The quantitative estimate of drug-likeness (QED) is 0.419. The maximum absolute atomic E-state index is 3.92. The van der Waals surface area contributed by atoms with E-state index in [1.54, 1.807) is 7.05 Å². The number of rotatable bonds is 3. The van der Waals surface area contributed by atoms with Gasteiger partial charge in [0.15, 0.2) is 0 Å². The van der Waals surface area contributed by atoms with Crippen LogP contribution in [0.5, 0.6) is 0 Å². The van der Waals surface area contributed by atoms with Gasteiger partial charge in [0.05, 0.1) is 0 Å². The van der Waals surface area contributed by atoms with Crippen molar-refractivity contribution in [1.82, 2.24) is 0 Å². The van der Waals surface area contributed by atoms with Gasteiger partial charge >= 0.3 is 0 Å². The van der Waals surface area contributed by atoms with Gasteiger partial charge in [-0.15, -0.1) is 6.58 Å². The zero-order valence-electron chi connectivity index (χ0n) is 7.02. The molecule has 0 aliphatic rings. The van der Waals surface area contributed by atoms with E-state index in [1.165, 1.54) is 11.1 Å². The van der Waals surface area contributed by atoms with Gasteiger partial charge in [-0.25, -0.2) is 0 Å².